The Kier molecular flexibility index (Phi) is 4.25. The summed E-state index contributed by atoms with van der Waals surface area (Å²) in [5.41, 5.74) is 3.16. The van der Waals surface area contributed by atoms with Crippen molar-refractivity contribution in [1.29, 1.82) is 0 Å². The van der Waals surface area contributed by atoms with Crippen LogP contribution in [0.4, 0.5) is 17.2 Å². The van der Waals surface area contributed by atoms with Crippen LogP contribution >= 0.6 is 11.6 Å². The Labute approximate surface area is 130 Å². The van der Waals surface area contributed by atoms with Crippen molar-refractivity contribution < 1.29 is 0 Å². The van der Waals surface area contributed by atoms with Crippen molar-refractivity contribution in [3.63, 3.8) is 0 Å². The Hall–Kier alpha value is -1.81. The summed E-state index contributed by atoms with van der Waals surface area (Å²) in [4.78, 5) is 10.6. The number of nitrogens with zero attached hydrogens (tertiary/aromatic N) is 3. The molecule has 0 saturated carbocycles. The topological polar surface area (TPSA) is 41.1 Å². The number of piperidine rings is 1. The lowest BCUT2D eigenvalue weighted by molar-refractivity contribution is 0.578. The second-order valence-corrected chi connectivity index (χ2v) is 5.72. The largest absolute Gasteiger partial charge is 0.372 e. The van der Waals surface area contributed by atoms with Gasteiger partial charge < -0.3 is 10.2 Å². The van der Waals surface area contributed by atoms with Gasteiger partial charge in [-0.2, -0.15) is 0 Å². The van der Waals surface area contributed by atoms with E-state index in [1.807, 2.05) is 6.92 Å². The molecule has 2 aromatic rings. The van der Waals surface area contributed by atoms with E-state index < -0.39 is 0 Å². The van der Waals surface area contributed by atoms with E-state index in [1.54, 1.807) is 0 Å². The lowest BCUT2D eigenvalue weighted by Crippen LogP contribution is -2.29. The molecule has 21 heavy (non-hydrogen) atoms. The Morgan fingerprint density at radius 3 is 2.48 bits per heavy atom. The highest BCUT2D eigenvalue weighted by Gasteiger charge is 2.11. The van der Waals surface area contributed by atoms with Crippen LogP contribution in [0.3, 0.4) is 0 Å². The molecule has 1 fully saturated rings. The molecular formula is C16H19ClN4. The number of benzene rings is 1. The van der Waals surface area contributed by atoms with Crippen molar-refractivity contribution in [2.45, 2.75) is 26.2 Å². The molecule has 0 unspecified atom stereocenters. The number of hydrogen-bond donors (Lipinski definition) is 1. The van der Waals surface area contributed by atoms with E-state index in [9.17, 15) is 0 Å². The van der Waals surface area contributed by atoms with Crippen LogP contribution in [0.2, 0.25) is 5.15 Å². The fourth-order valence-electron chi connectivity index (χ4n) is 2.60. The van der Waals surface area contributed by atoms with Gasteiger partial charge in [0.2, 0.25) is 0 Å². The van der Waals surface area contributed by atoms with E-state index in [0.717, 1.165) is 30.2 Å². The summed E-state index contributed by atoms with van der Waals surface area (Å²) < 4.78 is 0. The third-order valence-electron chi connectivity index (χ3n) is 3.87. The van der Waals surface area contributed by atoms with E-state index in [0.29, 0.717) is 5.15 Å². The van der Waals surface area contributed by atoms with Gasteiger partial charge in [0.15, 0.2) is 0 Å². The van der Waals surface area contributed by atoms with Crippen LogP contribution in [0.25, 0.3) is 0 Å². The van der Waals surface area contributed by atoms with Gasteiger partial charge in [0, 0.05) is 30.0 Å². The van der Waals surface area contributed by atoms with Gasteiger partial charge in [-0.05, 0) is 50.5 Å². The third-order valence-corrected chi connectivity index (χ3v) is 4.25. The fraction of sp³-hybridized carbons (Fsp3) is 0.375. The predicted molar refractivity (Wildman–Crippen MR) is 87.6 cm³/mol. The monoisotopic (exact) mass is 302 g/mol. The van der Waals surface area contributed by atoms with Crippen LogP contribution in [-0.2, 0) is 0 Å². The molecule has 1 aromatic heterocycles. The number of aromatic nitrogens is 2. The molecule has 0 spiro atoms. The Morgan fingerprint density at radius 2 is 1.76 bits per heavy atom. The normalized spacial score (nSPS) is 15.0. The highest BCUT2D eigenvalue weighted by Crippen LogP contribution is 2.25. The molecule has 2 heterocycles. The van der Waals surface area contributed by atoms with Gasteiger partial charge in [-0.15, -0.1) is 0 Å². The molecule has 1 aliphatic heterocycles. The first-order valence-corrected chi connectivity index (χ1v) is 7.71. The highest BCUT2D eigenvalue weighted by molar-refractivity contribution is 6.30. The van der Waals surface area contributed by atoms with Crippen LogP contribution in [0.5, 0.6) is 0 Å². The quantitative estimate of drug-likeness (QED) is 0.864. The SMILES string of the molecule is Cc1c(Cl)ncnc1Nc1ccc(N2CCCCC2)cc1. The van der Waals surface area contributed by atoms with Crippen molar-refractivity contribution in [2.24, 2.45) is 0 Å². The number of nitrogens with one attached hydrogen (secondary N) is 1. The van der Waals surface area contributed by atoms with Crippen molar-refractivity contribution in [3.8, 4) is 0 Å². The van der Waals surface area contributed by atoms with Crippen LogP contribution in [0.1, 0.15) is 24.8 Å². The minimum Gasteiger partial charge on any atom is -0.372 e. The van der Waals surface area contributed by atoms with Crippen molar-refractivity contribution in [3.05, 3.63) is 41.3 Å². The Morgan fingerprint density at radius 1 is 1.05 bits per heavy atom. The smallest absolute Gasteiger partial charge is 0.138 e. The first kappa shape index (κ1) is 14.1. The van der Waals surface area contributed by atoms with Crippen molar-refractivity contribution >= 4 is 28.8 Å². The van der Waals surface area contributed by atoms with Gasteiger partial charge in [-0.3, -0.25) is 0 Å². The van der Waals surface area contributed by atoms with Crippen LogP contribution < -0.4 is 10.2 Å². The molecule has 1 N–H and O–H groups in total. The Balaban J connectivity index is 1.73. The molecule has 5 heteroatoms. The van der Waals surface area contributed by atoms with Crippen molar-refractivity contribution in [1.82, 2.24) is 9.97 Å². The van der Waals surface area contributed by atoms with E-state index in [2.05, 4.69) is 44.5 Å². The summed E-state index contributed by atoms with van der Waals surface area (Å²) in [6.45, 7) is 4.23. The van der Waals surface area contributed by atoms with E-state index in [-0.39, 0.29) is 0 Å². The molecule has 4 nitrogen and oxygen atoms in total. The maximum atomic E-state index is 6.01. The molecule has 0 radical (unpaired) electrons. The van der Waals surface area contributed by atoms with Gasteiger partial charge in [0.05, 0.1) is 0 Å². The van der Waals surface area contributed by atoms with E-state index in [4.69, 9.17) is 11.6 Å². The first-order chi connectivity index (χ1) is 10.2. The lowest BCUT2D eigenvalue weighted by atomic mass is 10.1. The first-order valence-electron chi connectivity index (χ1n) is 7.33. The van der Waals surface area contributed by atoms with Gasteiger partial charge >= 0.3 is 0 Å². The number of anilines is 3. The van der Waals surface area contributed by atoms with Gasteiger partial charge in [0.1, 0.15) is 17.3 Å². The summed E-state index contributed by atoms with van der Waals surface area (Å²) >= 11 is 6.01. The zero-order valence-electron chi connectivity index (χ0n) is 12.1. The van der Waals surface area contributed by atoms with Gasteiger partial charge in [0.25, 0.3) is 0 Å². The Bertz CT molecular complexity index is 606. The number of halogens is 1. The maximum Gasteiger partial charge on any atom is 0.138 e. The average molecular weight is 303 g/mol. The lowest BCUT2D eigenvalue weighted by Gasteiger charge is -2.28. The summed E-state index contributed by atoms with van der Waals surface area (Å²) in [5, 5.41) is 3.77. The summed E-state index contributed by atoms with van der Waals surface area (Å²) in [6, 6.07) is 8.48. The predicted octanol–water partition coefficient (Wildman–Crippen LogP) is 4.17. The summed E-state index contributed by atoms with van der Waals surface area (Å²) in [7, 11) is 0. The molecular weight excluding hydrogens is 284 g/mol. The summed E-state index contributed by atoms with van der Waals surface area (Å²) in [5.74, 6) is 0.751. The minimum absolute atomic E-state index is 0.484. The molecule has 1 aromatic carbocycles. The number of hydrogen-bond acceptors (Lipinski definition) is 4. The zero-order chi connectivity index (χ0) is 14.7. The van der Waals surface area contributed by atoms with Crippen LogP contribution in [0, 0.1) is 6.92 Å². The highest BCUT2D eigenvalue weighted by atomic mass is 35.5. The van der Waals surface area contributed by atoms with E-state index in [1.165, 1.54) is 31.3 Å². The van der Waals surface area contributed by atoms with Gasteiger partial charge in [-0.1, -0.05) is 11.6 Å². The third kappa shape index (κ3) is 3.27. The fourth-order valence-corrected chi connectivity index (χ4v) is 2.73. The second kappa shape index (κ2) is 6.31. The number of rotatable bonds is 3. The molecule has 0 amide bonds. The van der Waals surface area contributed by atoms with Crippen molar-refractivity contribution in [2.75, 3.05) is 23.3 Å². The molecule has 0 atom stereocenters. The molecule has 110 valence electrons. The average Bonchev–Trinajstić information content (AvgIpc) is 2.53. The van der Waals surface area contributed by atoms with Crippen LogP contribution in [-0.4, -0.2) is 23.1 Å². The summed E-state index contributed by atoms with van der Waals surface area (Å²) in [6.07, 6.45) is 5.40. The molecule has 1 aliphatic rings. The zero-order valence-corrected chi connectivity index (χ0v) is 12.9. The van der Waals surface area contributed by atoms with Gasteiger partial charge in [-0.25, -0.2) is 9.97 Å². The van der Waals surface area contributed by atoms with Crippen LogP contribution in [0.15, 0.2) is 30.6 Å². The maximum absolute atomic E-state index is 6.01. The molecule has 0 bridgehead atoms. The van der Waals surface area contributed by atoms with E-state index >= 15 is 0 Å². The standard InChI is InChI=1S/C16H19ClN4/c1-12-15(17)18-11-19-16(12)20-13-5-7-14(8-6-13)21-9-3-2-4-10-21/h5-8,11H,2-4,9-10H2,1H3,(H,18,19,20). The second-order valence-electron chi connectivity index (χ2n) is 5.36. The minimum atomic E-state index is 0.484. The molecule has 3 rings (SSSR count). The molecule has 1 saturated heterocycles. The molecule has 0 aliphatic carbocycles.